The van der Waals surface area contributed by atoms with Gasteiger partial charge in [0.25, 0.3) is 5.91 Å². The second-order valence-corrected chi connectivity index (χ2v) is 7.15. The molecule has 0 spiro atoms. The predicted molar refractivity (Wildman–Crippen MR) is 89.4 cm³/mol. The number of imide groups is 1. The lowest BCUT2D eigenvalue weighted by Gasteiger charge is -2.31. The third kappa shape index (κ3) is 3.67. The van der Waals surface area contributed by atoms with Gasteiger partial charge in [0.1, 0.15) is 6.61 Å². The van der Waals surface area contributed by atoms with Crippen molar-refractivity contribution < 1.29 is 23.9 Å². The largest absolute Gasteiger partial charge is 0.461 e. The number of benzene rings is 1. The summed E-state index contributed by atoms with van der Waals surface area (Å²) in [5.74, 6) is -0.688. The number of hydrogen-bond acceptors (Lipinski definition) is 5. The van der Waals surface area contributed by atoms with E-state index in [1.54, 1.807) is 13.8 Å². The zero-order chi connectivity index (χ0) is 18.0. The van der Waals surface area contributed by atoms with E-state index < -0.39 is 11.7 Å². The van der Waals surface area contributed by atoms with Crippen molar-refractivity contribution in [2.45, 2.75) is 57.8 Å². The van der Waals surface area contributed by atoms with Gasteiger partial charge in [-0.05, 0) is 45.1 Å². The first-order valence-corrected chi connectivity index (χ1v) is 8.65. The third-order valence-corrected chi connectivity index (χ3v) is 4.89. The molecule has 1 saturated heterocycles. The van der Waals surface area contributed by atoms with E-state index >= 15 is 0 Å². The van der Waals surface area contributed by atoms with Crippen molar-refractivity contribution in [1.82, 2.24) is 4.90 Å². The highest BCUT2D eigenvalue weighted by Crippen LogP contribution is 2.34. The van der Waals surface area contributed by atoms with Crippen LogP contribution in [-0.2, 0) is 25.7 Å². The van der Waals surface area contributed by atoms with Crippen LogP contribution in [0.25, 0.3) is 0 Å². The average molecular weight is 345 g/mol. The number of cyclic esters (lactones) is 1. The van der Waals surface area contributed by atoms with E-state index in [2.05, 4.69) is 0 Å². The monoisotopic (exact) mass is 345 g/mol. The molecule has 0 N–H and O–H groups in total. The Morgan fingerprint density at radius 1 is 1.16 bits per heavy atom. The second kappa shape index (κ2) is 6.86. The Balaban J connectivity index is 1.51. The lowest BCUT2D eigenvalue weighted by atomic mass is 9.85. The van der Waals surface area contributed by atoms with Crippen LogP contribution in [0.4, 0.5) is 4.79 Å². The molecule has 1 aliphatic heterocycles. The molecule has 6 heteroatoms. The maximum atomic E-state index is 12.3. The number of ether oxygens (including phenoxy) is 2. The van der Waals surface area contributed by atoms with Crippen LogP contribution in [0.15, 0.2) is 30.3 Å². The minimum Gasteiger partial charge on any atom is -0.461 e. The molecular weight excluding hydrogens is 322 g/mol. The van der Waals surface area contributed by atoms with E-state index in [0.717, 1.165) is 5.56 Å². The molecule has 1 heterocycles. The number of nitrogens with zero attached hydrogens (tertiary/aromatic N) is 1. The fourth-order valence-electron chi connectivity index (χ4n) is 3.42. The highest BCUT2D eigenvalue weighted by Gasteiger charge is 2.50. The summed E-state index contributed by atoms with van der Waals surface area (Å²) in [7, 11) is 0. The van der Waals surface area contributed by atoms with Crippen molar-refractivity contribution in [2.75, 3.05) is 0 Å². The fourth-order valence-corrected chi connectivity index (χ4v) is 3.42. The van der Waals surface area contributed by atoms with Crippen molar-refractivity contribution in [3.63, 3.8) is 0 Å². The van der Waals surface area contributed by atoms with Gasteiger partial charge < -0.3 is 9.47 Å². The first-order valence-electron chi connectivity index (χ1n) is 8.65. The summed E-state index contributed by atoms with van der Waals surface area (Å²) in [5, 5.41) is 0. The van der Waals surface area contributed by atoms with E-state index in [-0.39, 0.29) is 30.4 Å². The number of amides is 2. The molecule has 2 amide bonds. The standard InChI is InChI=1S/C19H23NO5/c1-19(2)17(22)20(18(23)25-19)15-10-8-14(9-11-15)16(21)24-12-13-6-4-3-5-7-13/h3-7,14-15H,8-12H2,1-2H3. The second-order valence-electron chi connectivity index (χ2n) is 7.15. The maximum Gasteiger partial charge on any atom is 0.417 e. The van der Waals surface area contributed by atoms with Gasteiger partial charge in [0.15, 0.2) is 5.60 Å². The minimum atomic E-state index is -1.09. The van der Waals surface area contributed by atoms with E-state index in [1.807, 2.05) is 30.3 Å². The molecule has 1 saturated carbocycles. The molecule has 1 aliphatic carbocycles. The van der Waals surface area contributed by atoms with Gasteiger partial charge in [-0.2, -0.15) is 0 Å². The van der Waals surface area contributed by atoms with E-state index in [9.17, 15) is 14.4 Å². The zero-order valence-corrected chi connectivity index (χ0v) is 14.6. The van der Waals surface area contributed by atoms with Gasteiger partial charge in [0.05, 0.1) is 5.92 Å². The van der Waals surface area contributed by atoms with Crippen molar-refractivity contribution >= 4 is 18.0 Å². The molecule has 6 nitrogen and oxygen atoms in total. The molecule has 0 atom stereocenters. The van der Waals surface area contributed by atoms with Crippen molar-refractivity contribution in [3.8, 4) is 0 Å². The van der Waals surface area contributed by atoms with Crippen LogP contribution in [0.3, 0.4) is 0 Å². The van der Waals surface area contributed by atoms with Gasteiger partial charge in [-0.15, -0.1) is 0 Å². The predicted octanol–water partition coefficient (Wildman–Crippen LogP) is 3.05. The molecule has 0 aromatic heterocycles. The Morgan fingerprint density at radius 2 is 1.80 bits per heavy atom. The molecule has 25 heavy (non-hydrogen) atoms. The third-order valence-electron chi connectivity index (χ3n) is 4.89. The Bertz CT molecular complexity index is 662. The molecule has 3 rings (SSSR count). The molecule has 0 bridgehead atoms. The Hall–Kier alpha value is -2.37. The van der Waals surface area contributed by atoms with Crippen LogP contribution in [0.2, 0.25) is 0 Å². The topological polar surface area (TPSA) is 72.9 Å². The quantitative estimate of drug-likeness (QED) is 0.784. The summed E-state index contributed by atoms with van der Waals surface area (Å²) in [5.41, 5.74) is -0.139. The zero-order valence-electron chi connectivity index (χ0n) is 14.6. The number of esters is 1. The SMILES string of the molecule is CC1(C)OC(=O)N(C2CCC(C(=O)OCc3ccccc3)CC2)C1=O. The van der Waals surface area contributed by atoms with Crippen LogP contribution in [0.5, 0.6) is 0 Å². The highest BCUT2D eigenvalue weighted by atomic mass is 16.6. The molecule has 1 aromatic carbocycles. The average Bonchev–Trinajstić information content (AvgIpc) is 2.81. The Morgan fingerprint density at radius 3 is 2.36 bits per heavy atom. The Kier molecular flexibility index (Phi) is 4.79. The van der Waals surface area contributed by atoms with Crippen LogP contribution in [0, 0.1) is 5.92 Å². The van der Waals surface area contributed by atoms with Gasteiger partial charge >= 0.3 is 12.1 Å². The van der Waals surface area contributed by atoms with Gasteiger partial charge in [-0.1, -0.05) is 30.3 Å². The van der Waals surface area contributed by atoms with E-state index in [0.29, 0.717) is 25.7 Å². The molecule has 2 fully saturated rings. The fraction of sp³-hybridized carbons (Fsp3) is 0.526. The highest BCUT2D eigenvalue weighted by molar-refractivity contribution is 6.02. The lowest BCUT2D eigenvalue weighted by Crippen LogP contribution is -2.45. The van der Waals surface area contributed by atoms with E-state index in [4.69, 9.17) is 9.47 Å². The van der Waals surface area contributed by atoms with Gasteiger partial charge in [-0.25, -0.2) is 9.69 Å². The molecule has 0 unspecified atom stereocenters. The Labute approximate surface area is 147 Å². The van der Waals surface area contributed by atoms with Crippen molar-refractivity contribution in [1.29, 1.82) is 0 Å². The normalized spacial score (nSPS) is 25.6. The summed E-state index contributed by atoms with van der Waals surface area (Å²) >= 11 is 0. The number of hydrogen-bond donors (Lipinski definition) is 0. The van der Waals surface area contributed by atoms with Gasteiger partial charge in [0, 0.05) is 6.04 Å². The minimum absolute atomic E-state index is 0.179. The summed E-state index contributed by atoms with van der Waals surface area (Å²) in [4.78, 5) is 37.7. The summed E-state index contributed by atoms with van der Waals surface area (Å²) in [6.07, 6.45) is 1.83. The maximum absolute atomic E-state index is 12.3. The van der Waals surface area contributed by atoms with Crippen molar-refractivity contribution in [2.24, 2.45) is 5.92 Å². The van der Waals surface area contributed by atoms with Crippen molar-refractivity contribution in [3.05, 3.63) is 35.9 Å². The van der Waals surface area contributed by atoms with Gasteiger partial charge in [-0.3, -0.25) is 9.59 Å². The smallest absolute Gasteiger partial charge is 0.417 e. The molecular formula is C19H23NO5. The molecule has 134 valence electrons. The number of rotatable bonds is 4. The number of carbonyl (C=O) groups excluding carboxylic acids is 3. The molecule has 1 aromatic rings. The van der Waals surface area contributed by atoms with Crippen LogP contribution < -0.4 is 0 Å². The summed E-state index contributed by atoms with van der Waals surface area (Å²) < 4.78 is 10.5. The van der Waals surface area contributed by atoms with Crippen LogP contribution >= 0.6 is 0 Å². The van der Waals surface area contributed by atoms with Crippen LogP contribution in [-0.4, -0.2) is 34.5 Å². The first-order chi connectivity index (χ1) is 11.9. The summed E-state index contributed by atoms with van der Waals surface area (Å²) in [6, 6.07) is 9.36. The lowest BCUT2D eigenvalue weighted by molar-refractivity contribution is -0.151. The molecule has 0 radical (unpaired) electrons. The summed E-state index contributed by atoms with van der Waals surface area (Å²) in [6.45, 7) is 3.46. The number of carbonyl (C=O) groups is 3. The van der Waals surface area contributed by atoms with Crippen LogP contribution in [0.1, 0.15) is 45.1 Å². The van der Waals surface area contributed by atoms with Gasteiger partial charge in [0.2, 0.25) is 0 Å². The first kappa shape index (κ1) is 17.5. The molecule has 2 aliphatic rings. The van der Waals surface area contributed by atoms with E-state index in [1.165, 1.54) is 4.90 Å².